The fourth-order valence-electron chi connectivity index (χ4n) is 8.93. The van der Waals surface area contributed by atoms with Gasteiger partial charge in [-0.05, 0) is 125 Å². The molecule has 0 saturated carbocycles. The van der Waals surface area contributed by atoms with Gasteiger partial charge in [0.05, 0.1) is 22.7 Å². The monoisotopic (exact) mass is 1020 g/mol. The van der Waals surface area contributed by atoms with Crippen molar-refractivity contribution in [3.8, 4) is 11.4 Å². The van der Waals surface area contributed by atoms with Gasteiger partial charge in [0.25, 0.3) is 0 Å². The van der Waals surface area contributed by atoms with Gasteiger partial charge in [0.15, 0.2) is 0 Å². The van der Waals surface area contributed by atoms with Crippen molar-refractivity contribution >= 4 is 89.6 Å². The van der Waals surface area contributed by atoms with Crippen LogP contribution in [0.25, 0.3) is 55.5 Å². The first-order valence-electron chi connectivity index (χ1n) is 24.7. The third kappa shape index (κ3) is 12.5. The van der Waals surface area contributed by atoms with E-state index in [1.807, 2.05) is 113 Å². The van der Waals surface area contributed by atoms with Crippen molar-refractivity contribution in [3.05, 3.63) is 182 Å². The van der Waals surface area contributed by atoms with E-state index < -0.39 is 0 Å². The van der Waals surface area contributed by atoms with Crippen LogP contribution in [-0.2, 0) is 0 Å². The molecule has 0 amide bonds. The quantitative estimate of drug-likeness (QED) is 0.0606. The predicted octanol–water partition coefficient (Wildman–Crippen LogP) is 10.8. The molecule has 10 rings (SSSR count). The molecule has 2 N–H and O–H groups in total. The molecule has 0 aliphatic carbocycles. The lowest BCUT2D eigenvalue weighted by molar-refractivity contribution is -0.538. The van der Waals surface area contributed by atoms with Crippen LogP contribution in [0.2, 0.25) is 0 Å². The molecule has 14 heteroatoms. The van der Waals surface area contributed by atoms with E-state index in [2.05, 4.69) is 174 Å². The van der Waals surface area contributed by atoms with E-state index in [0.29, 0.717) is 0 Å². The molecule has 0 bridgehead atoms. The van der Waals surface area contributed by atoms with Gasteiger partial charge in [-0.1, -0.05) is 43.8 Å². The Morgan fingerprint density at radius 3 is 0.960 bits per heavy atom. The number of anilines is 4. The third-order valence-electron chi connectivity index (χ3n) is 12.9. The Balaban J connectivity index is 0.000000234. The maximum Gasteiger partial charge on any atom is 0.239 e. The molecule has 0 fully saturated rings. The Labute approximate surface area is 447 Å². The van der Waals surface area contributed by atoms with Crippen molar-refractivity contribution in [2.75, 3.05) is 74.0 Å². The Kier molecular flexibility index (Phi) is 19.0. The zero-order valence-electron chi connectivity index (χ0n) is 43.4. The molecular weight excluding hydrogens is 952 g/mol. The first-order chi connectivity index (χ1) is 35.1. The van der Waals surface area contributed by atoms with Gasteiger partial charge in [-0.3, -0.25) is 0 Å². The van der Waals surface area contributed by atoms with E-state index in [4.69, 9.17) is 9.97 Å². The van der Waals surface area contributed by atoms with Crippen molar-refractivity contribution in [1.82, 2.24) is 9.97 Å². The van der Waals surface area contributed by atoms with Crippen LogP contribution in [0.5, 0.6) is 0 Å². The van der Waals surface area contributed by atoms with Crippen LogP contribution in [0.4, 0.5) is 45.5 Å². The number of rotatable bonds is 14. The first kappa shape index (κ1) is 55.9. The lowest BCUT2D eigenvalue weighted by Crippen LogP contribution is -3.00. The summed E-state index contributed by atoms with van der Waals surface area (Å²) in [7, 11) is 8.10. The summed E-state index contributed by atoms with van der Waals surface area (Å²) in [5.41, 5.74) is 17.8. The molecule has 384 valence electrons. The maximum atomic E-state index is 4.99. The number of azo groups is 2. The number of para-hydroxylation sites is 2. The summed E-state index contributed by atoms with van der Waals surface area (Å²) >= 11 is 0. The van der Waals surface area contributed by atoms with Gasteiger partial charge in [0.1, 0.15) is 22.1 Å². The summed E-state index contributed by atoms with van der Waals surface area (Å²) in [4.78, 5) is 18.8. The van der Waals surface area contributed by atoms with E-state index >= 15 is 0 Å². The number of halogens is 1. The fraction of sp³-hybridized carbons (Fsp3) is 0.213. The standard InChI is InChI=1S/2C30H31N6.CH4.ClH.H2O/c2*1-5-35(6-2)26-17-19-28-30(21-26)36(25-10-8-7-9-11-25)29-20-23(14-18-27(29)31-28)33-32-22-12-15-24(16-13-22)34(3)4;;;/h2*7-21H,5-6H2,1-4H3;1H4;1H;1H2/q2*+1;;;/p-1. The average Bonchev–Trinajstić information content (AvgIpc) is 3.42. The van der Waals surface area contributed by atoms with Crippen molar-refractivity contribution in [2.24, 2.45) is 20.5 Å². The van der Waals surface area contributed by atoms with Crippen LogP contribution in [-0.4, -0.2) is 69.8 Å². The molecule has 0 spiro atoms. The summed E-state index contributed by atoms with van der Waals surface area (Å²) in [5, 5.41) is 18.1. The molecule has 13 nitrogen and oxygen atoms in total. The van der Waals surface area contributed by atoms with E-state index in [1.54, 1.807) is 0 Å². The molecule has 2 heterocycles. The lowest BCUT2D eigenvalue weighted by atomic mass is 10.1. The third-order valence-corrected chi connectivity index (χ3v) is 12.9. The minimum absolute atomic E-state index is 0. The van der Waals surface area contributed by atoms with Crippen molar-refractivity contribution in [2.45, 2.75) is 35.1 Å². The summed E-state index contributed by atoms with van der Waals surface area (Å²) in [6.07, 6.45) is 0. The van der Waals surface area contributed by atoms with Crippen LogP contribution in [0.3, 0.4) is 0 Å². The normalized spacial score (nSPS) is 11.0. The number of benzene rings is 8. The van der Waals surface area contributed by atoms with Crippen LogP contribution in [0.15, 0.2) is 202 Å². The lowest BCUT2D eigenvalue weighted by Gasteiger charge is -2.20. The second kappa shape index (κ2) is 25.5. The van der Waals surface area contributed by atoms with Crippen LogP contribution in [0, 0.1) is 0 Å². The molecule has 0 aliphatic rings. The molecule has 0 radical (unpaired) electrons. The number of fused-ring (bicyclic) bond motifs is 4. The highest BCUT2D eigenvalue weighted by atomic mass is 35.5. The average molecular weight is 1020 g/mol. The van der Waals surface area contributed by atoms with E-state index in [1.165, 1.54) is 11.4 Å². The van der Waals surface area contributed by atoms with Gasteiger partial charge < -0.3 is 37.5 Å². The highest BCUT2D eigenvalue weighted by Gasteiger charge is 2.23. The number of nitrogens with zero attached hydrogens (tertiary/aromatic N) is 12. The fourth-order valence-corrected chi connectivity index (χ4v) is 8.93. The molecule has 0 saturated heterocycles. The SMILES string of the molecule is C.CCN(CC)c1ccc2nc3ccc(N=Nc4ccc(N(C)C)cc4)cc3[n+](-c3ccccc3)c2c1.CCN(CC)c1ccc2nc3ccc(N=Nc4ccc(N(C)C)cc4)cc3[n+](-c3ccccc3)c2c1.O.[Cl-]. The highest BCUT2D eigenvalue weighted by Crippen LogP contribution is 2.29. The van der Waals surface area contributed by atoms with E-state index in [-0.39, 0.29) is 25.3 Å². The van der Waals surface area contributed by atoms with Crippen LogP contribution in [0.1, 0.15) is 35.1 Å². The van der Waals surface area contributed by atoms with E-state index in [0.717, 1.165) is 116 Å². The minimum Gasteiger partial charge on any atom is -1.00 e. The highest BCUT2D eigenvalue weighted by molar-refractivity contribution is 5.87. The van der Waals surface area contributed by atoms with E-state index in [9.17, 15) is 0 Å². The number of hydrogen-bond acceptors (Lipinski definition) is 10. The second-order valence-electron chi connectivity index (χ2n) is 17.8. The zero-order valence-corrected chi connectivity index (χ0v) is 44.1. The molecule has 8 aromatic carbocycles. The largest absolute Gasteiger partial charge is 1.00 e. The Morgan fingerprint density at radius 2 is 0.640 bits per heavy atom. The summed E-state index contributed by atoms with van der Waals surface area (Å²) < 4.78 is 4.55. The van der Waals surface area contributed by atoms with Gasteiger partial charge in [-0.15, -0.1) is 9.13 Å². The summed E-state index contributed by atoms with van der Waals surface area (Å²) in [6, 6.07) is 62.1. The number of hydrogen-bond donors (Lipinski definition) is 0. The molecule has 2 aromatic heterocycles. The maximum absolute atomic E-state index is 4.99. The molecule has 75 heavy (non-hydrogen) atoms. The van der Waals surface area contributed by atoms with Gasteiger partial charge in [-0.2, -0.15) is 20.5 Å². The van der Waals surface area contributed by atoms with Gasteiger partial charge in [0.2, 0.25) is 33.4 Å². The molecular formula is C61H68ClN12O+. The van der Waals surface area contributed by atoms with Crippen molar-refractivity contribution in [1.29, 1.82) is 0 Å². The second-order valence-corrected chi connectivity index (χ2v) is 17.8. The van der Waals surface area contributed by atoms with Gasteiger partial charge in [-0.25, -0.2) is 9.97 Å². The first-order valence-corrected chi connectivity index (χ1v) is 24.7. The molecule has 0 aliphatic heterocycles. The molecule has 0 unspecified atom stereocenters. The van der Waals surface area contributed by atoms with Crippen LogP contribution < -0.4 is 41.1 Å². The zero-order chi connectivity index (χ0) is 50.1. The number of aromatic nitrogens is 4. The topological polar surface area (TPSA) is 127 Å². The Morgan fingerprint density at radius 1 is 0.360 bits per heavy atom. The van der Waals surface area contributed by atoms with Gasteiger partial charge >= 0.3 is 0 Å². The van der Waals surface area contributed by atoms with Crippen molar-refractivity contribution in [3.63, 3.8) is 0 Å². The smallest absolute Gasteiger partial charge is 0.239 e. The Hall–Kier alpha value is -8.39. The summed E-state index contributed by atoms with van der Waals surface area (Å²) in [6.45, 7) is 12.5. The predicted molar refractivity (Wildman–Crippen MR) is 309 cm³/mol. The Bertz CT molecular complexity index is 3290. The van der Waals surface area contributed by atoms with Crippen molar-refractivity contribution < 1.29 is 27.0 Å². The summed E-state index contributed by atoms with van der Waals surface area (Å²) in [5.74, 6) is 0. The minimum atomic E-state index is 0. The molecule has 0 atom stereocenters. The van der Waals surface area contributed by atoms with Gasteiger partial charge in [0, 0.05) is 126 Å². The van der Waals surface area contributed by atoms with Crippen LogP contribution >= 0.6 is 0 Å². The molecule has 10 aromatic rings.